The fourth-order valence-corrected chi connectivity index (χ4v) is 2.15. The molecule has 25 heavy (non-hydrogen) atoms. The molecule has 0 aliphatic rings. The van der Waals surface area contributed by atoms with Crippen LogP contribution < -0.4 is 11.1 Å². The molecule has 1 amide bonds. The quantitative estimate of drug-likeness (QED) is 0.793. The summed E-state index contributed by atoms with van der Waals surface area (Å²) in [4.78, 5) is 12.4. The van der Waals surface area contributed by atoms with Gasteiger partial charge in [-0.05, 0) is 42.8 Å². The molecule has 5 nitrogen and oxygen atoms in total. The van der Waals surface area contributed by atoms with Crippen molar-refractivity contribution in [3.05, 3.63) is 59.2 Å². The molecule has 4 N–H and O–H groups in total. The zero-order valence-corrected chi connectivity index (χ0v) is 13.1. The van der Waals surface area contributed by atoms with Gasteiger partial charge < -0.3 is 16.2 Å². The van der Waals surface area contributed by atoms with Gasteiger partial charge in [-0.25, -0.2) is 0 Å². The van der Waals surface area contributed by atoms with Gasteiger partial charge in [0, 0.05) is 5.69 Å². The summed E-state index contributed by atoms with van der Waals surface area (Å²) in [5.41, 5.74) is 3.00. The molecule has 1 atom stereocenters. The number of nitriles is 1. The van der Waals surface area contributed by atoms with Crippen LogP contribution in [0.1, 0.15) is 23.6 Å². The predicted molar refractivity (Wildman–Crippen MR) is 84.4 cm³/mol. The molecule has 0 saturated heterocycles. The summed E-state index contributed by atoms with van der Waals surface area (Å²) >= 11 is 0. The van der Waals surface area contributed by atoms with Gasteiger partial charge in [0.25, 0.3) is 0 Å². The maximum Gasteiger partial charge on any atom is 0.417 e. The predicted octanol–water partition coefficient (Wildman–Crippen LogP) is 3.10. The molecule has 0 fully saturated rings. The van der Waals surface area contributed by atoms with Gasteiger partial charge in [-0.15, -0.1) is 0 Å². The van der Waals surface area contributed by atoms with E-state index < -0.39 is 28.7 Å². The standard InChI is InChI=1S/C17H14F3N3O2/c1-16(22,11-3-6-13(24)7-4-11)15(25)23-12-5-2-10(9-21)14(8-12)17(18,19)20/h2-8,24H,22H2,1H3,(H,23,25). The van der Waals surface area contributed by atoms with E-state index >= 15 is 0 Å². The monoisotopic (exact) mass is 349 g/mol. The number of benzene rings is 2. The third kappa shape index (κ3) is 3.89. The first-order valence-electron chi connectivity index (χ1n) is 7.07. The number of carbonyl (C=O) groups is 1. The first kappa shape index (κ1) is 18.3. The minimum Gasteiger partial charge on any atom is -0.508 e. The van der Waals surface area contributed by atoms with Gasteiger partial charge in [0.1, 0.15) is 11.3 Å². The number of alkyl halides is 3. The Labute approximate surface area is 141 Å². The Kier molecular flexibility index (Phi) is 4.72. The molecule has 0 saturated carbocycles. The van der Waals surface area contributed by atoms with Crippen LogP contribution >= 0.6 is 0 Å². The highest BCUT2D eigenvalue weighted by Crippen LogP contribution is 2.34. The number of halogens is 3. The third-order valence-corrected chi connectivity index (χ3v) is 3.64. The molecule has 2 aromatic carbocycles. The number of phenols is 1. The summed E-state index contributed by atoms with van der Waals surface area (Å²) in [5.74, 6) is -0.752. The summed E-state index contributed by atoms with van der Waals surface area (Å²) in [7, 11) is 0. The van der Waals surface area contributed by atoms with Crippen LogP contribution in [0.4, 0.5) is 18.9 Å². The van der Waals surface area contributed by atoms with Gasteiger partial charge in [-0.3, -0.25) is 4.79 Å². The highest BCUT2D eigenvalue weighted by Gasteiger charge is 2.35. The van der Waals surface area contributed by atoms with E-state index in [4.69, 9.17) is 11.0 Å². The van der Waals surface area contributed by atoms with Crippen molar-refractivity contribution in [3.8, 4) is 11.8 Å². The van der Waals surface area contributed by atoms with E-state index in [1.54, 1.807) is 0 Å². The number of hydrogen-bond donors (Lipinski definition) is 3. The van der Waals surface area contributed by atoms with Crippen molar-refractivity contribution in [2.45, 2.75) is 18.6 Å². The Hall–Kier alpha value is -3.05. The Morgan fingerprint density at radius 3 is 2.32 bits per heavy atom. The molecular formula is C17H14F3N3O2. The van der Waals surface area contributed by atoms with Crippen molar-refractivity contribution >= 4 is 11.6 Å². The lowest BCUT2D eigenvalue weighted by atomic mass is 9.92. The molecule has 0 aromatic heterocycles. The van der Waals surface area contributed by atoms with Crippen molar-refractivity contribution in [2.24, 2.45) is 5.73 Å². The summed E-state index contributed by atoms with van der Waals surface area (Å²) < 4.78 is 38.9. The Bertz CT molecular complexity index is 838. The number of nitrogens with one attached hydrogen (secondary N) is 1. The number of carbonyl (C=O) groups excluding carboxylic acids is 1. The average molecular weight is 349 g/mol. The lowest BCUT2D eigenvalue weighted by Gasteiger charge is -2.24. The average Bonchev–Trinajstić information content (AvgIpc) is 2.54. The zero-order chi connectivity index (χ0) is 18.8. The third-order valence-electron chi connectivity index (χ3n) is 3.64. The van der Waals surface area contributed by atoms with Gasteiger partial charge >= 0.3 is 6.18 Å². The first-order valence-corrected chi connectivity index (χ1v) is 7.07. The second kappa shape index (κ2) is 6.45. The SMILES string of the molecule is CC(N)(C(=O)Nc1ccc(C#N)c(C(F)(F)F)c1)c1ccc(O)cc1. The van der Waals surface area contributed by atoms with Crippen LogP contribution in [0.15, 0.2) is 42.5 Å². The van der Waals surface area contributed by atoms with Crippen LogP contribution in [0.5, 0.6) is 5.75 Å². The number of amides is 1. The molecule has 130 valence electrons. The molecule has 2 aromatic rings. The Morgan fingerprint density at radius 2 is 1.80 bits per heavy atom. The van der Waals surface area contributed by atoms with E-state index in [9.17, 15) is 23.1 Å². The van der Waals surface area contributed by atoms with E-state index in [0.29, 0.717) is 11.6 Å². The Morgan fingerprint density at radius 1 is 1.20 bits per heavy atom. The number of nitrogens with two attached hydrogens (primary N) is 1. The second-order valence-electron chi connectivity index (χ2n) is 5.57. The fraction of sp³-hybridized carbons (Fsp3) is 0.176. The summed E-state index contributed by atoms with van der Waals surface area (Å²) in [6.07, 6.45) is -4.73. The fourth-order valence-electron chi connectivity index (χ4n) is 2.15. The maximum absolute atomic E-state index is 13.0. The number of hydrogen-bond acceptors (Lipinski definition) is 4. The zero-order valence-electron chi connectivity index (χ0n) is 13.1. The highest BCUT2D eigenvalue weighted by molar-refractivity contribution is 5.98. The largest absolute Gasteiger partial charge is 0.508 e. The number of rotatable bonds is 3. The molecule has 2 rings (SSSR count). The molecular weight excluding hydrogens is 335 g/mol. The summed E-state index contributed by atoms with van der Waals surface area (Å²) in [5, 5.41) is 20.4. The molecule has 1 unspecified atom stereocenters. The first-order chi connectivity index (χ1) is 11.6. The number of aromatic hydroxyl groups is 1. The maximum atomic E-state index is 13.0. The van der Waals surface area contributed by atoms with Crippen molar-refractivity contribution in [2.75, 3.05) is 5.32 Å². The van der Waals surface area contributed by atoms with Gasteiger partial charge in [-0.2, -0.15) is 18.4 Å². The van der Waals surface area contributed by atoms with Gasteiger partial charge in [0.05, 0.1) is 17.2 Å². The smallest absolute Gasteiger partial charge is 0.417 e. The van der Waals surface area contributed by atoms with E-state index in [2.05, 4.69) is 5.32 Å². The van der Waals surface area contributed by atoms with Crippen LogP contribution in [0.2, 0.25) is 0 Å². The lowest BCUT2D eigenvalue weighted by Crippen LogP contribution is -2.45. The highest BCUT2D eigenvalue weighted by atomic mass is 19.4. The molecule has 8 heteroatoms. The normalized spacial score (nSPS) is 13.6. The van der Waals surface area contributed by atoms with E-state index in [0.717, 1.165) is 6.07 Å². The van der Waals surface area contributed by atoms with Crippen molar-refractivity contribution in [1.29, 1.82) is 5.26 Å². The van der Waals surface area contributed by atoms with Gasteiger partial charge in [-0.1, -0.05) is 12.1 Å². The lowest BCUT2D eigenvalue weighted by molar-refractivity contribution is -0.137. The molecule has 0 spiro atoms. The van der Waals surface area contributed by atoms with Crippen LogP contribution in [-0.2, 0) is 16.5 Å². The van der Waals surface area contributed by atoms with Crippen molar-refractivity contribution in [3.63, 3.8) is 0 Å². The van der Waals surface area contributed by atoms with Gasteiger partial charge in [0.2, 0.25) is 5.91 Å². The van der Waals surface area contributed by atoms with Crippen LogP contribution in [0.3, 0.4) is 0 Å². The molecule has 0 aliphatic heterocycles. The minimum atomic E-state index is -4.73. The minimum absolute atomic E-state index is 0.0122. The van der Waals surface area contributed by atoms with E-state index in [1.165, 1.54) is 43.3 Å². The van der Waals surface area contributed by atoms with Crippen LogP contribution in [-0.4, -0.2) is 11.0 Å². The topological polar surface area (TPSA) is 99.1 Å². The molecule has 0 heterocycles. The number of nitrogens with zero attached hydrogens (tertiary/aromatic N) is 1. The Balaban J connectivity index is 2.31. The second-order valence-corrected chi connectivity index (χ2v) is 5.57. The van der Waals surface area contributed by atoms with Crippen molar-refractivity contribution in [1.82, 2.24) is 0 Å². The molecule has 0 radical (unpaired) electrons. The van der Waals surface area contributed by atoms with Crippen molar-refractivity contribution < 1.29 is 23.1 Å². The number of anilines is 1. The molecule has 0 aliphatic carbocycles. The van der Waals surface area contributed by atoms with Gasteiger partial charge in [0.15, 0.2) is 0 Å². The van der Waals surface area contributed by atoms with Crippen LogP contribution in [0, 0.1) is 11.3 Å². The summed E-state index contributed by atoms with van der Waals surface area (Å²) in [6, 6.07) is 9.89. The van der Waals surface area contributed by atoms with Crippen LogP contribution in [0.25, 0.3) is 0 Å². The number of phenolic OH excluding ortho intramolecular Hbond substituents is 1. The van der Waals surface area contributed by atoms with E-state index in [-0.39, 0.29) is 11.4 Å². The molecule has 0 bridgehead atoms. The summed E-state index contributed by atoms with van der Waals surface area (Å²) in [6.45, 7) is 1.39. The van der Waals surface area contributed by atoms with E-state index in [1.807, 2.05) is 0 Å².